The van der Waals surface area contributed by atoms with Crippen molar-refractivity contribution in [2.45, 2.75) is 20.3 Å². The topological polar surface area (TPSA) is 70.2 Å². The lowest BCUT2D eigenvalue weighted by Crippen LogP contribution is -2.21. The van der Waals surface area contributed by atoms with Gasteiger partial charge < -0.3 is 16.0 Å². The Labute approximate surface area is 156 Å². The molecule has 25 heavy (non-hydrogen) atoms. The molecule has 0 aliphatic heterocycles. The Bertz CT molecular complexity index is 730. The van der Waals surface area contributed by atoms with Crippen LogP contribution in [0.3, 0.4) is 0 Å². The number of carbonyl (C=O) groups is 2. The molecule has 0 aliphatic rings. The molecule has 0 bridgehead atoms. The van der Waals surface area contributed by atoms with Gasteiger partial charge in [-0.3, -0.25) is 9.59 Å². The summed E-state index contributed by atoms with van der Waals surface area (Å²) in [6, 6.07) is 14.7. The van der Waals surface area contributed by atoms with E-state index in [4.69, 9.17) is 0 Å². The van der Waals surface area contributed by atoms with Crippen LogP contribution >= 0.6 is 15.9 Å². The fraction of sp³-hybridized carbons (Fsp3) is 0.263. The number of nitrogens with one attached hydrogen (secondary N) is 3. The highest BCUT2D eigenvalue weighted by Crippen LogP contribution is 2.16. The summed E-state index contributed by atoms with van der Waals surface area (Å²) < 4.78 is 0.911. The Hall–Kier alpha value is -2.34. The van der Waals surface area contributed by atoms with Gasteiger partial charge in [-0.1, -0.05) is 35.8 Å². The van der Waals surface area contributed by atoms with Crippen LogP contribution in [0.1, 0.15) is 20.3 Å². The van der Waals surface area contributed by atoms with Crippen molar-refractivity contribution >= 4 is 44.8 Å². The number of hydrogen-bond donors (Lipinski definition) is 3. The second kappa shape index (κ2) is 9.22. The van der Waals surface area contributed by atoms with Gasteiger partial charge in [-0.15, -0.1) is 0 Å². The number of rotatable bonds is 7. The van der Waals surface area contributed by atoms with Crippen molar-refractivity contribution in [2.24, 2.45) is 5.92 Å². The van der Waals surface area contributed by atoms with Crippen molar-refractivity contribution in [3.05, 3.63) is 53.0 Å². The maximum absolute atomic E-state index is 12.0. The van der Waals surface area contributed by atoms with E-state index in [0.29, 0.717) is 12.3 Å². The molecule has 0 atom stereocenters. The van der Waals surface area contributed by atoms with Gasteiger partial charge in [0.2, 0.25) is 11.8 Å². The molecule has 0 radical (unpaired) electrons. The van der Waals surface area contributed by atoms with Crippen molar-refractivity contribution in [2.75, 3.05) is 22.5 Å². The summed E-state index contributed by atoms with van der Waals surface area (Å²) in [4.78, 5) is 23.7. The van der Waals surface area contributed by atoms with E-state index in [9.17, 15) is 9.59 Å². The van der Waals surface area contributed by atoms with E-state index in [2.05, 4.69) is 31.9 Å². The summed E-state index contributed by atoms with van der Waals surface area (Å²) in [7, 11) is 0. The maximum Gasteiger partial charge on any atom is 0.243 e. The molecule has 2 amide bonds. The summed E-state index contributed by atoms with van der Waals surface area (Å²) in [5.41, 5.74) is 2.30. The number of halogens is 1. The Morgan fingerprint density at radius 3 is 2.20 bits per heavy atom. The summed E-state index contributed by atoms with van der Waals surface area (Å²) in [5, 5.41) is 8.73. The minimum atomic E-state index is -0.132. The highest BCUT2D eigenvalue weighted by atomic mass is 79.9. The highest BCUT2D eigenvalue weighted by molar-refractivity contribution is 9.10. The lowest BCUT2D eigenvalue weighted by Gasteiger charge is -2.10. The Balaban J connectivity index is 1.81. The average molecular weight is 404 g/mol. The van der Waals surface area contributed by atoms with Crippen LogP contribution in [-0.2, 0) is 9.59 Å². The zero-order chi connectivity index (χ0) is 18.2. The quantitative estimate of drug-likeness (QED) is 0.637. The Kier molecular flexibility index (Phi) is 7.01. The minimum Gasteiger partial charge on any atom is -0.376 e. The monoisotopic (exact) mass is 403 g/mol. The second-order valence-corrected chi connectivity index (χ2v) is 7.05. The van der Waals surface area contributed by atoms with E-state index in [1.807, 2.05) is 62.4 Å². The molecule has 0 saturated carbocycles. The zero-order valence-electron chi connectivity index (χ0n) is 14.3. The van der Waals surface area contributed by atoms with Gasteiger partial charge in [-0.25, -0.2) is 0 Å². The van der Waals surface area contributed by atoms with Crippen LogP contribution in [0, 0.1) is 5.92 Å². The molecular weight excluding hydrogens is 382 g/mol. The molecule has 0 spiro atoms. The summed E-state index contributed by atoms with van der Waals surface area (Å²) in [5.74, 6) is 0.196. The molecule has 132 valence electrons. The van der Waals surface area contributed by atoms with Crippen LogP contribution in [0.2, 0.25) is 0 Å². The minimum absolute atomic E-state index is 0.00380. The first-order valence-electron chi connectivity index (χ1n) is 8.11. The van der Waals surface area contributed by atoms with E-state index in [1.165, 1.54) is 0 Å². The zero-order valence-corrected chi connectivity index (χ0v) is 15.9. The van der Waals surface area contributed by atoms with Crippen LogP contribution in [0.5, 0.6) is 0 Å². The molecule has 3 N–H and O–H groups in total. The molecule has 0 unspecified atom stereocenters. The molecule has 6 heteroatoms. The first kappa shape index (κ1) is 19.0. The van der Waals surface area contributed by atoms with Gasteiger partial charge in [-0.2, -0.15) is 0 Å². The predicted molar refractivity (Wildman–Crippen MR) is 106 cm³/mol. The Morgan fingerprint density at radius 1 is 0.920 bits per heavy atom. The van der Waals surface area contributed by atoms with Gasteiger partial charge in [0.25, 0.3) is 0 Å². The van der Waals surface area contributed by atoms with Crippen LogP contribution in [-0.4, -0.2) is 18.4 Å². The first-order chi connectivity index (χ1) is 11.9. The molecule has 0 fully saturated rings. The molecule has 5 nitrogen and oxygen atoms in total. The standard InChI is InChI=1S/C19H22BrN3O2/c1-13(2)10-18(24)22-16-8-6-15(7-9-16)21-12-19(25)23-17-5-3-4-14(20)11-17/h3-9,11,13,21H,10,12H2,1-2H3,(H,22,24)(H,23,25). The van der Waals surface area contributed by atoms with Crippen molar-refractivity contribution in [3.63, 3.8) is 0 Å². The Morgan fingerprint density at radius 2 is 1.56 bits per heavy atom. The van der Waals surface area contributed by atoms with Crippen LogP contribution in [0.4, 0.5) is 17.1 Å². The average Bonchev–Trinajstić information content (AvgIpc) is 2.53. The smallest absolute Gasteiger partial charge is 0.243 e. The highest BCUT2D eigenvalue weighted by Gasteiger charge is 2.06. The molecule has 2 aromatic carbocycles. The van der Waals surface area contributed by atoms with Crippen molar-refractivity contribution in [3.8, 4) is 0 Å². The molecule has 0 aromatic heterocycles. The van der Waals surface area contributed by atoms with E-state index in [1.54, 1.807) is 0 Å². The van der Waals surface area contributed by atoms with Crippen LogP contribution in [0.25, 0.3) is 0 Å². The molecule has 2 aromatic rings. The summed E-state index contributed by atoms with van der Waals surface area (Å²) in [6.07, 6.45) is 0.496. The van der Waals surface area contributed by atoms with Crippen molar-refractivity contribution < 1.29 is 9.59 Å². The van der Waals surface area contributed by atoms with Gasteiger partial charge in [0, 0.05) is 28.0 Å². The van der Waals surface area contributed by atoms with Crippen LogP contribution in [0.15, 0.2) is 53.0 Å². The maximum atomic E-state index is 12.0. The fourth-order valence-corrected chi connectivity index (χ4v) is 2.61. The third-order valence-electron chi connectivity index (χ3n) is 3.32. The van der Waals surface area contributed by atoms with E-state index in [0.717, 1.165) is 21.5 Å². The van der Waals surface area contributed by atoms with Gasteiger partial charge in [-0.05, 0) is 48.4 Å². The van der Waals surface area contributed by atoms with Crippen LogP contribution < -0.4 is 16.0 Å². The van der Waals surface area contributed by atoms with Crippen molar-refractivity contribution in [1.82, 2.24) is 0 Å². The third kappa shape index (κ3) is 6.97. The fourth-order valence-electron chi connectivity index (χ4n) is 2.21. The molecule has 0 heterocycles. The van der Waals surface area contributed by atoms with E-state index < -0.39 is 0 Å². The largest absolute Gasteiger partial charge is 0.376 e. The molecule has 2 rings (SSSR count). The van der Waals surface area contributed by atoms with Gasteiger partial charge in [0.15, 0.2) is 0 Å². The first-order valence-corrected chi connectivity index (χ1v) is 8.91. The summed E-state index contributed by atoms with van der Waals surface area (Å²) in [6.45, 7) is 4.17. The number of benzene rings is 2. The molecule has 0 aliphatic carbocycles. The number of amides is 2. The SMILES string of the molecule is CC(C)CC(=O)Nc1ccc(NCC(=O)Nc2cccc(Br)c2)cc1. The normalized spacial score (nSPS) is 10.4. The number of anilines is 3. The van der Waals surface area contributed by atoms with E-state index >= 15 is 0 Å². The van der Waals surface area contributed by atoms with Gasteiger partial charge >= 0.3 is 0 Å². The summed E-state index contributed by atoms with van der Waals surface area (Å²) >= 11 is 3.37. The second-order valence-electron chi connectivity index (χ2n) is 6.14. The van der Waals surface area contributed by atoms with Crippen molar-refractivity contribution in [1.29, 1.82) is 0 Å². The van der Waals surface area contributed by atoms with Gasteiger partial charge in [0.05, 0.1) is 6.54 Å². The lowest BCUT2D eigenvalue weighted by atomic mass is 10.1. The number of carbonyl (C=O) groups excluding carboxylic acids is 2. The molecular formula is C19H22BrN3O2. The third-order valence-corrected chi connectivity index (χ3v) is 3.82. The number of hydrogen-bond acceptors (Lipinski definition) is 3. The predicted octanol–water partition coefficient (Wildman–Crippen LogP) is 4.48. The lowest BCUT2D eigenvalue weighted by molar-refractivity contribution is -0.117. The molecule has 0 saturated heterocycles. The van der Waals surface area contributed by atoms with E-state index in [-0.39, 0.29) is 18.4 Å². The van der Waals surface area contributed by atoms with Gasteiger partial charge in [0.1, 0.15) is 0 Å².